The van der Waals surface area contributed by atoms with Crippen molar-refractivity contribution in [2.45, 2.75) is 6.92 Å². The molecule has 0 aliphatic rings. The van der Waals surface area contributed by atoms with Crippen LogP contribution in [0.25, 0.3) is 17.1 Å². The van der Waals surface area contributed by atoms with E-state index < -0.39 is 0 Å². The highest BCUT2D eigenvalue weighted by atomic mass is 14.9. The van der Waals surface area contributed by atoms with Crippen molar-refractivity contribution < 1.29 is 0 Å². The minimum Gasteiger partial charge on any atom is -0.338 e. The number of imidazole rings is 1. The number of allylic oxidation sites excluding steroid dienone is 1. The lowest BCUT2D eigenvalue weighted by Crippen LogP contribution is -1.70. The predicted octanol–water partition coefficient (Wildman–Crippen LogP) is 2.60. The van der Waals surface area contributed by atoms with Crippen LogP contribution in [-0.2, 0) is 0 Å². The summed E-state index contributed by atoms with van der Waals surface area (Å²) >= 11 is 0. The molecular weight excluding hydrogens is 148 g/mol. The lowest BCUT2D eigenvalue weighted by molar-refractivity contribution is 1.29. The summed E-state index contributed by atoms with van der Waals surface area (Å²) in [6.07, 6.45) is 3.93. The first-order valence-electron chi connectivity index (χ1n) is 3.97. The molecule has 0 fully saturated rings. The van der Waals surface area contributed by atoms with Crippen LogP contribution in [0.3, 0.4) is 0 Å². The molecule has 0 saturated carbocycles. The highest BCUT2D eigenvalue weighted by molar-refractivity contribution is 5.76. The van der Waals surface area contributed by atoms with Crippen LogP contribution < -0.4 is 0 Å². The Kier molecular flexibility index (Phi) is 1.67. The third kappa shape index (κ3) is 1.11. The third-order valence-electron chi connectivity index (χ3n) is 1.73. The van der Waals surface area contributed by atoms with Gasteiger partial charge >= 0.3 is 0 Å². The number of hydrogen-bond acceptors (Lipinski definition) is 1. The smallest absolute Gasteiger partial charge is 0.130 e. The Labute approximate surface area is 70.9 Å². The van der Waals surface area contributed by atoms with E-state index in [-0.39, 0.29) is 0 Å². The molecule has 1 heterocycles. The average molecular weight is 158 g/mol. The Morgan fingerprint density at radius 1 is 1.33 bits per heavy atom. The summed E-state index contributed by atoms with van der Waals surface area (Å²) in [4.78, 5) is 7.56. The predicted molar refractivity (Wildman–Crippen MR) is 50.8 cm³/mol. The molecule has 0 unspecified atom stereocenters. The van der Waals surface area contributed by atoms with Crippen molar-refractivity contribution in [3.05, 3.63) is 36.2 Å². The summed E-state index contributed by atoms with van der Waals surface area (Å²) in [6.45, 7) is 1.98. The van der Waals surface area contributed by atoms with Crippen molar-refractivity contribution in [2.24, 2.45) is 0 Å². The topological polar surface area (TPSA) is 28.7 Å². The average Bonchev–Trinajstić information content (AvgIpc) is 2.47. The molecule has 2 aromatic rings. The van der Waals surface area contributed by atoms with E-state index in [2.05, 4.69) is 9.97 Å². The van der Waals surface area contributed by atoms with Crippen LogP contribution in [0.5, 0.6) is 0 Å². The van der Waals surface area contributed by atoms with Crippen LogP contribution in [0, 0.1) is 0 Å². The van der Waals surface area contributed by atoms with E-state index in [0.717, 1.165) is 16.9 Å². The number of benzene rings is 1. The molecule has 60 valence electrons. The Hall–Kier alpha value is -1.57. The lowest BCUT2D eigenvalue weighted by Gasteiger charge is -1.81. The normalized spacial score (nSPS) is 11.4. The fraction of sp³-hybridized carbons (Fsp3) is 0.100. The number of rotatable bonds is 1. The van der Waals surface area contributed by atoms with Gasteiger partial charge in [-0.2, -0.15) is 0 Å². The second kappa shape index (κ2) is 2.81. The summed E-state index contributed by atoms with van der Waals surface area (Å²) in [5.74, 6) is 0.915. The molecule has 1 aromatic heterocycles. The molecular formula is C10H10N2. The number of fused-ring (bicyclic) bond motifs is 1. The van der Waals surface area contributed by atoms with Crippen LogP contribution in [-0.4, -0.2) is 9.97 Å². The molecule has 1 aromatic carbocycles. The van der Waals surface area contributed by atoms with Crippen molar-refractivity contribution in [3.63, 3.8) is 0 Å². The van der Waals surface area contributed by atoms with Gasteiger partial charge in [-0.1, -0.05) is 18.2 Å². The fourth-order valence-corrected chi connectivity index (χ4v) is 1.21. The molecule has 2 nitrogen and oxygen atoms in total. The van der Waals surface area contributed by atoms with E-state index in [0.29, 0.717) is 0 Å². The van der Waals surface area contributed by atoms with E-state index in [9.17, 15) is 0 Å². The van der Waals surface area contributed by atoms with Gasteiger partial charge in [-0.05, 0) is 25.1 Å². The first kappa shape index (κ1) is 7.10. The molecule has 2 rings (SSSR count). The van der Waals surface area contributed by atoms with Gasteiger partial charge in [0.15, 0.2) is 0 Å². The van der Waals surface area contributed by atoms with Gasteiger partial charge in [-0.25, -0.2) is 4.98 Å². The maximum Gasteiger partial charge on any atom is 0.130 e. The van der Waals surface area contributed by atoms with Gasteiger partial charge < -0.3 is 4.98 Å². The number of H-pyrrole nitrogens is 1. The first-order valence-corrected chi connectivity index (χ1v) is 3.97. The number of nitrogens with one attached hydrogen (secondary N) is 1. The zero-order chi connectivity index (χ0) is 8.39. The van der Waals surface area contributed by atoms with Gasteiger partial charge in [0, 0.05) is 0 Å². The van der Waals surface area contributed by atoms with Crippen LogP contribution in [0.2, 0.25) is 0 Å². The second-order valence-electron chi connectivity index (χ2n) is 2.64. The number of para-hydroxylation sites is 2. The van der Waals surface area contributed by atoms with Gasteiger partial charge in [0.05, 0.1) is 11.0 Å². The molecule has 1 N–H and O–H groups in total. The molecule has 0 saturated heterocycles. The molecule has 0 atom stereocenters. The van der Waals surface area contributed by atoms with Gasteiger partial charge in [0.1, 0.15) is 5.82 Å². The van der Waals surface area contributed by atoms with Gasteiger partial charge in [-0.15, -0.1) is 0 Å². The van der Waals surface area contributed by atoms with E-state index in [1.807, 2.05) is 43.3 Å². The largest absolute Gasteiger partial charge is 0.338 e. The standard InChI is InChI=1S/C10H10N2/c1-2-5-10-11-8-6-3-4-7-9(8)12-10/h2-7H,1H3,(H,11,12). The SMILES string of the molecule is CC=Cc1nc2ccccc2[nH]1. The zero-order valence-corrected chi connectivity index (χ0v) is 6.91. The van der Waals surface area contributed by atoms with Gasteiger partial charge in [0.2, 0.25) is 0 Å². The van der Waals surface area contributed by atoms with Crippen molar-refractivity contribution in [2.75, 3.05) is 0 Å². The highest BCUT2D eigenvalue weighted by Crippen LogP contribution is 2.10. The van der Waals surface area contributed by atoms with Crippen molar-refractivity contribution in [1.82, 2.24) is 9.97 Å². The summed E-state index contributed by atoms with van der Waals surface area (Å²) in [6, 6.07) is 8.01. The number of nitrogens with zero attached hydrogens (tertiary/aromatic N) is 1. The number of aromatic nitrogens is 2. The lowest BCUT2D eigenvalue weighted by atomic mass is 10.3. The molecule has 0 aliphatic heterocycles. The monoisotopic (exact) mass is 158 g/mol. The van der Waals surface area contributed by atoms with Crippen molar-refractivity contribution in [1.29, 1.82) is 0 Å². The van der Waals surface area contributed by atoms with E-state index in [1.54, 1.807) is 0 Å². The molecule has 12 heavy (non-hydrogen) atoms. The Morgan fingerprint density at radius 2 is 2.17 bits per heavy atom. The van der Waals surface area contributed by atoms with E-state index in [4.69, 9.17) is 0 Å². The first-order chi connectivity index (χ1) is 5.90. The van der Waals surface area contributed by atoms with E-state index in [1.165, 1.54) is 0 Å². The van der Waals surface area contributed by atoms with E-state index >= 15 is 0 Å². The van der Waals surface area contributed by atoms with Crippen LogP contribution in [0.15, 0.2) is 30.3 Å². The molecule has 2 heteroatoms. The maximum absolute atomic E-state index is 4.36. The minimum absolute atomic E-state index is 0.915. The molecule has 0 spiro atoms. The summed E-state index contributed by atoms with van der Waals surface area (Å²) < 4.78 is 0. The Balaban J connectivity index is 2.62. The van der Waals surface area contributed by atoms with Gasteiger partial charge in [-0.3, -0.25) is 0 Å². The number of aromatic amines is 1. The highest BCUT2D eigenvalue weighted by Gasteiger charge is 1.96. The molecule has 0 amide bonds. The van der Waals surface area contributed by atoms with Gasteiger partial charge in [0.25, 0.3) is 0 Å². The molecule has 0 aliphatic carbocycles. The quantitative estimate of drug-likeness (QED) is 0.679. The summed E-state index contributed by atoms with van der Waals surface area (Å²) in [5.41, 5.74) is 2.11. The number of hydrogen-bond donors (Lipinski definition) is 1. The third-order valence-corrected chi connectivity index (χ3v) is 1.73. The maximum atomic E-state index is 4.36. The van der Waals surface area contributed by atoms with Crippen molar-refractivity contribution >= 4 is 17.1 Å². The fourth-order valence-electron chi connectivity index (χ4n) is 1.21. The summed E-state index contributed by atoms with van der Waals surface area (Å²) in [7, 11) is 0. The van der Waals surface area contributed by atoms with Crippen LogP contribution in [0.4, 0.5) is 0 Å². The molecule has 0 radical (unpaired) electrons. The summed E-state index contributed by atoms with van der Waals surface area (Å²) in [5, 5.41) is 0. The second-order valence-corrected chi connectivity index (χ2v) is 2.64. The van der Waals surface area contributed by atoms with Crippen LogP contribution >= 0.6 is 0 Å². The Bertz CT molecular complexity index is 379. The minimum atomic E-state index is 0.915. The molecule has 0 bridgehead atoms. The van der Waals surface area contributed by atoms with Crippen LogP contribution in [0.1, 0.15) is 12.7 Å². The van der Waals surface area contributed by atoms with Crippen molar-refractivity contribution in [3.8, 4) is 0 Å². The Morgan fingerprint density at radius 3 is 2.92 bits per heavy atom. The zero-order valence-electron chi connectivity index (χ0n) is 6.91.